The highest BCUT2D eigenvalue weighted by Gasteiger charge is 1.99. The Labute approximate surface area is 101 Å². The van der Waals surface area contributed by atoms with Gasteiger partial charge in [0.2, 0.25) is 0 Å². The zero-order chi connectivity index (χ0) is 11.9. The average molecular weight is 229 g/mol. The molecule has 0 aromatic carbocycles. The van der Waals surface area contributed by atoms with Crippen molar-refractivity contribution in [1.82, 2.24) is 15.3 Å². The average Bonchev–Trinajstić information content (AvgIpc) is 2.38. The molecule has 2 heterocycles. The normalized spacial score (nSPS) is 10.2. The maximum atomic E-state index is 5.65. The van der Waals surface area contributed by atoms with Crippen LogP contribution in [0.15, 0.2) is 43.0 Å². The molecule has 1 N–H and O–H groups in total. The van der Waals surface area contributed by atoms with Crippen LogP contribution in [0, 0.1) is 0 Å². The largest absolute Gasteiger partial charge is 0.454 e. The predicted molar refractivity (Wildman–Crippen MR) is 65.9 cm³/mol. The number of nitrogens with one attached hydrogen (secondary N) is 1. The van der Waals surface area contributed by atoms with Crippen molar-refractivity contribution in [2.24, 2.45) is 0 Å². The molecular formula is C13H15N3O. The fourth-order valence-electron chi connectivity index (χ4n) is 1.43. The SMILES string of the molecule is CCNCc1cncc(Oc2cccnc2)c1. The van der Waals surface area contributed by atoms with Crippen molar-refractivity contribution in [1.29, 1.82) is 0 Å². The summed E-state index contributed by atoms with van der Waals surface area (Å²) in [6.07, 6.45) is 6.92. The lowest BCUT2D eigenvalue weighted by Crippen LogP contribution is -2.11. The first-order valence-corrected chi connectivity index (χ1v) is 5.61. The van der Waals surface area contributed by atoms with E-state index in [1.165, 1.54) is 0 Å². The van der Waals surface area contributed by atoms with E-state index in [-0.39, 0.29) is 0 Å². The fourth-order valence-corrected chi connectivity index (χ4v) is 1.43. The highest BCUT2D eigenvalue weighted by Crippen LogP contribution is 2.19. The van der Waals surface area contributed by atoms with E-state index in [9.17, 15) is 0 Å². The molecule has 0 unspecified atom stereocenters. The maximum absolute atomic E-state index is 5.65. The lowest BCUT2D eigenvalue weighted by atomic mass is 10.3. The van der Waals surface area contributed by atoms with Gasteiger partial charge in [-0.2, -0.15) is 0 Å². The summed E-state index contributed by atoms with van der Waals surface area (Å²) in [5.74, 6) is 1.45. The number of pyridine rings is 2. The molecule has 2 aromatic rings. The van der Waals surface area contributed by atoms with Crippen LogP contribution in [0.2, 0.25) is 0 Å². The van der Waals surface area contributed by atoms with Crippen molar-refractivity contribution in [2.45, 2.75) is 13.5 Å². The van der Waals surface area contributed by atoms with Crippen molar-refractivity contribution >= 4 is 0 Å². The first-order valence-electron chi connectivity index (χ1n) is 5.61. The van der Waals surface area contributed by atoms with Crippen molar-refractivity contribution < 1.29 is 4.74 Å². The smallest absolute Gasteiger partial charge is 0.146 e. The minimum atomic E-state index is 0.718. The van der Waals surface area contributed by atoms with Gasteiger partial charge in [-0.1, -0.05) is 6.92 Å². The first kappa shape index (κ1) is 11.5. The second-order valence-corrected chi connectivity index (χ2v) is 3.60. The van der Waals surface area contributed by atoms with Crippen LogP contribution in [0.5, 0.6) is 11.5 Å². The molecule has 0 aliphatic rings. The monoisotopic (exact) mass is 229 g/mol. The molecule has 0 saturated heterocycles. The predicted octanol–water partition coefficient (Wildman–Crippen LogP) is 2.38. The van der Waals surface area contributed by atoms with Crippen LogP contribution in [0.4, 0.5) is 0 Å². The molecular weight excluding hydrogens is 214 g/mol. The Morgan fingerprint density at radius 1 is 1.18 bits per heavy atom. The standard InChI is InChI=1S/C13H15N3O/c1-2-14-7-11-6-13(10-16-8-11)17-12-4-3-5-15-9-12/h3-6,8-10,14H,2,7H2,1H3. The Bertz CT molecular complexity index is 459. The van der Waals surface area contributed by atoms with Gasteiger partial charge >= 0.3 is 0 Å². The van der Waals surface area contributed by atoms with Crippen LogP contribution in [-0.4, -0.2) is 16.5 Å². The van der Waals surface area contributed by atoms with Gasteiger partial charge in [-0.3, -0.25) is 9.97 Å². The van der Waals surface area contributed by atoms with Crippen molar-refractivity contribution in [3.63, 3.8) is 0 Å². The Kier molecular flexibility index (Phi) is 4.05. The Morgan fingerprint density at radius 2 is 2.06 bits per heavy atom. The summed E-state index contributed by atoms with van der Waals surface area (Å²) < 4.78 is 5.65. The van der Waals surface area contributed by atoms with E-state index >= 15 is 0 Å². The summed E-state index contributed by atoms with van der Waals surface area (Å²) in [5, 5.41) is 3.25. The molecule has 0 bridgehead atoms. The summed E-state index contributed by atoms with van der Waals surface area (Å²) in [7, 11) is 0. The van der Waals surface area contributed by atoms with Gasteiger partial charge in [-0.15, -0.1) is 0 Å². The molecule has 0 atom stereocenters. The quantitative estimate of drug-likeness (QED) is 0.855. The molecule has 2 aromatic heterocycles. The molecule has 17 heavy (non-hydrogen) atoms. The lowest BCUT2D eigenvalue weighted by Gasteiger charge is -2.06. The van der Waals surface area contributed by atoms with Crippen molar-refractivity contribution in [2.75, 3.05) is 6.54 Å². The fraction of sp³-hybridized carbons (Fsp3) is 0.231. The molecule has 4 heteroatoms. The summed E-state index contributed by atoms with van der Waals surface area (Å²) >= 11 is 0. The summed E-state index contributed by atoms with van der Waals surface area (Å²) in [5.41, 5.74) is 1.10. The van der Waals surface area contributed by atoms with Crippen LogP contribution >= 0.6 is 0 Å². The molecule has 0 amide bonds. The second kappa shape index (κ2) is 5.96. The van der Waals surface area contributed by atoms with Crippen LogP contribution in [0.25, 0.3) is 0 Å². The topological polar surface area (TPSA) is 47.0 Å². The molecule has 4 nitrogen and oxygen atoms in total. The second-order valence-electron chi connectivity index (χ2n) is 3.60. The van der Waals surface area contributed by atoms with E-state index in [1.54, 1.807) is 18.6 Å². The van der Waals surface area contributed by atoms with Gasteiger partial charge in [0.15, 0.2) is 0 Å². The van der Waals surface area contributed by atoms with Gasteiger partial charge in [0.1, 0.15) is 11.5 Å². The van der Waals surface area contributed by atoms with Gasteiger partial charge in [0.25, 0.3) is 0 Å². The van der Waals surface area contributed by atoms with E-state index in [0.717, 1.165) is 30.2 Å². The molecule has 0 radical (unpaired) electrons. The third-order valence-electron chi connectivity index (χ3n) is 2.22. The van der Waals surface area contributed by atoms with Gasteiger partial charge in [-0.25, -0.2) is 0 Å². The maximum Gasteiger partial charge on any atom is 0.146 e. The van der Waals surface area contributed by atoms with E-state index < -0.39 is 0 Å². The van der Waals surface area contributed by atoms with Gasteiger partial charge in [0, 0.05) is 18.9 Å². The van der Waals surface area contributed by atoms with E-state index in [4.69, 9.17) is 4.74 Å². The van der Waals surface area contributed by atoms with Crippen LogP contribution in [0.1, 0.15) is 12.5 Å². The minimum absolute atomic E-state index is 0.718. The van der Waals surface area contributed by atoms with Gasteiger partial charge in [0.05, 0.1) is 12.4 Å². The van der Waals surface area contributed by atoms with Crippen LogP contribution in [0.3, 0.4) is 0 Å². The highest BCUT2D eigenvalue weighted by molar-refractivity contribution is 5.29. The van der Waals surface area contributed by atoms with Gasteiger partial charge < -0.3 is 10.1 Å². The molecule has 0 aliphatic carbocycles. The first-order chi connectivity index (χ1) is 8.38. The number of hydrogen-bond donors (Lipinski definition) is 1. The molecule has 0 spiro atoms. The zero-order valence-corrected chi connectivity index (χ0v) is 9.76. The molecule has 88 valence electrons. The molecule has 0 fully saturated rings. The van der Waals surface area contributed by atoms with Crippen molar-refractivity contribution in [3.05, 3.63) is 48.5 Å². The Balaban J connectivity index is 2.06. The third kappa shape index (κ3) is 3.53. The van der Waals surface area contributed by atoms with E-state index in [0.29, 0.717) is 0 Å². The van der Waals surface area contributed by atoms with E-state index in [1.807, 2.05) is 24.4 Å². The highest BCUT2D eigenvalue weighted by atomic mass is 16.5. The third-order valence-corrected chi connectivity index (χ3v) is 2.22. The summed E-state index contributed by atoms with van der Waals surface area (Å²) in [6, 6.07) is 5.68. The minimum Gasteiger partial charge on any atom is -0.454 e. The molecule has 0 saturated carbocycles. The summed E-state index contributed by atoms with van der Waals surface area (Å²) in [4.78, 5) is 8.14. The number of hydrogen-bond acceptors (Lipinski definition) is 4. The number of ether oxygens (including phenoxy) is 1. The molecule has 0 aliphatic heterocycles. The van der Waals surface area contributed by atoms with Crippen LogP contribution in [-0.2, 0) is 6.54 Å². The number of aromatic nitrogens is 2. The lowest BCUT2D eigenvalue weighted by molar-refractivity contribution is 0.476. The van der Waals surface area contributed by atoms with Crippen molar-refractivity contribution in [3.8, 4) is 11.5 Å². The molecule has 2 rings (SSSR count). The number of rotatable bonds is 5. The zero-order valence-electron chi connectivity index (χ0n) is 9.76. The van der Waals surface area contributed by atoms with Gasteiger partial charge in [-0.05, 0) is 30.3 Å². The Morgan fingerprint density at radius 3 is 2.82 bits per heavy atom. The summed E-state index contributed by atoms with van der Waals surface area (Å²) in [6.45, 7) is 3.81. The Hall–Kier alpha value is -1.94. The van der Waals surface area contributed by atoms with E-state index in [2.05, 4.69) is 22.2 Å². The number of nitrogens with zero attached hydrogens (tertiary/aromatic N) is 2. The van der Waals surface area contributed by atoms with Crippen LogP contribution < -0.4 is 10.1 Å².